The maximum atomic E-state index is 12.0. The molecule has 0 saturated heterocycles. The van der Waals surface area contributed by atoms with Crippen molar-refractivity contribution in [1.82, 2.24) is 4.90 Å². The molecule has 0 aromatic heterocycles. The number of nitrogens with two attached hydrogens (primary N) is 1. The van der Waals surface area contributed by atoms with E-state index >= 15 is 0 Å². The van der Waals surface area contributed by atoms with E-state index in [0.29, 0.717) is 6.54 Å². The van der Waals surface area contributed by atoms with E-state index in [-0.39, 0.29) is 18.4 Å². The van der Waals surface area contributed by atoms with Crippen LogP contribution in [0.4, 0.5) is 5.69 Å². The largest absolute Gasteiger partial charge is 0.380 e. The fraction of sp³-hybridized carbons (Fsp3) is 0.533. The number of nitrogens with zero attached hydrogens (tertiary/aromatic N) is 1. The lowest BCUT2D eigenvalue weighted by Gasteiger charge is -2.15. The van der Waals surface area contributed by atoms with E-state index in [1.807, 2.05) is 33.2 Å². The summed E-state index contributed by atoms with van der Waals surface area (Å²) < 4.78 is 5.12. The number of benzene rings is 1. The minimum atomic E-state index is -0.236. The van der Waals surface area contributed by atoms with Crippen LogP contribution in [0.15, 0.2) is 18.2 Å². The molecule has 0 fully saturated rings. The molecule has 1 unspecified atom stereocenters. The van der Waals surface area contributed by atoms with Crippen molar-refractivity contribution in [1.29, 1.82) is 0 Å². The van der Waals surface area contributed by atoms with Gasteiger partial charge in [-0.1, -0.05) is 12.1 Å². The van der Waals surface area contributed by atoms with Crippen LogP contribution in [0, 0.1) is 6.92 Å². The molecule has 3 N–H and O–H groups in total. The van der Waals surface area contributed by atoms with Crippen molar-refractivity contribution in [3.8, 4) is 0 Å². The van der Waals surface area contributed by atoms with Gasteiger partial charge in [0.25, 0.3) is 0 Å². The number of carbonyl (C=O) groups is 1. The molecule has 1 atom stereocenters. The molecule has 1 amide bonds. The summed E-state index contributed by atoms with van der Waals surface area (Å²) in [6.07, 6.45) is 0.0323. The predicted octanol–water partition coefficient (Wildman–Crippen LogP) is 1.36. The molecule has 112 valence electrons. The number of aryl methyl sites for hydroxylation is 1. The second-order valence-corrected chi connectivity index (χ2v) is 5.23. The lowest BCUT2D eigenvalue weighted by Crippen LogP contribution is -2.28. The molecule has 5 nitrogen and oxygen atoms in total. The van der Waals surface area contributed by atoms with Crippen molar-refractivity contribution in [2.45, 2.75) is 26.0 Å². The second-order valence-electron chi connectivity index (χ2n) is 5.23. The average molecular weight is 279 g/mol. The Morgan fingerprint density at radius 3 is 2.70 bits per heavy atom. The summed E-state index contributed by atoms with van der Waals surface area (Å²) in [5.74, 6) is -0.0765. The summed E-state index contributed by atoms with van der Waals surface area (Å²) in [5, 5.41) is 2.93. The van der Waals surface area contributed by atoms with Gasteiger partial charge in [0.15, 0.2) is 0 Å². The zero-order chi connectivity index (χ0) is 15.1. The van der Waals surface area contributed by atoms with Gasteiger partial charge in [0.2, 0.25) is 5.91 Å². The van der Waals surface area contributed by atoms with Gasteiger partial charge < -0.3 is 20.7 Å². The normalized spacial score (nSPS) is 12.5. The molecule has 20 heavy (non-hydrogen) atoms. The maximum Gasteiger partial charge on any atom is 0.227 e. The fourth-order valence-electron chi connectivity index (χ4n) is 1.94. The Morgan fingerprint density at radius 2 is 2.15 bits per heavy atom. The van der Waals surface area contributed by atoms with Gasteiger partial charge in [-0.05, 0) is 38.2 Å². The van der Waals surface area contributed by atoms with Crippen LogP contribution in [0.1, 0.15) is 17.5 Å². The van der Waals surface area contributed by atoms with Crippen LogP contribution in [0.5, 0.6) is 0 Å². The number of amides is 1. The Balaban J connectivity index is 2.73. The quantitative estimate of drug-likeness (QED) is 0.791. The van der Waals surface area contributed by atoms with Crippen LogP contribution in [0.2, 0.25) is 0 Å². The third-order valence-corrected chi connectivity index (χ3v) is 3.08. The number of anilines is 1. The van der Waals surface area contributed by atoms with E-state index in [2.05, 4.69) is 16.3 Å². The number of rotatable bonds is 7. The summed E-state index contributed by atoms with van der Waals surface area (Å²) in [5.41, 5.74) is 8.58. The van der Waals surface area contributed by atoms with Crippen LogP contribution in [-0.4, -0.2) is 44.7 Å². The lowest BCUT2D eigenvalue weighted by molar-refractivity contribution is -0.118. The molecule has 1 aromatic rings. The highest BCUT2D eigenvalue weighted by molar-refractivity contribution is 5.91. The van der Waals surface area contributed by atoms with Crippen LogP contribution in [-0.2, 0) is 16.1 Å². The van der Waals surface area contributed by atoms with Gasteiger partial charge in [-0.15, -0.1) is 0 Å². The number of carbonyl (C=O) groups excluding carboxylic acids is 1. The molecular formula is C15H25N3O2. The Morgan fingerprint density at radius 1 is 1.45 bits per heavy atom. The minimum Gasteiger partial charge on any atom is -0.380 e. The van der Waals surface area contributed by atoms with Crippen LogP contribution >= 0.6 is 0 Å². The molecule has 0 saturated carbocycles. The molecule has 0 radical (unpaired) electrons. The number of nitrogens with one attached hydrogen (secondary N) is 1. The van der Waals surface area contributed by atoms with E-state index in [9.17, 15) is 4.79 Å². The van der Waals surface area contributed by atoms with Gasteiger partial charge in [0.05, 0.1) is 12.5 Å². The fourth-order valence-corrected chi connectivity index (χ4v) is 1.94. The first-order chi connectivity index (χ1) is 9.46. The van der Waals surface area contributed by atoms with Gasteiger partial charge in [0.1, 0.15) is 0 Å². The van der Waals surface area contributed by atoms with Crippen molar-refractivity contribution < 1.29 is 9.53 Å². The van der Waals surface area contributed by atoms with Crippen molar-refractivity contribution in [2.75, 3.05) is 33.1 Å². The molecule has 0 bridgehead atoms. The van der Waals surface area contributed by atoms with Gasteiger partial charge in [0, 0.05) is 25.9 Å². The molecule has 0 aliphatic heterocycles. The first-order valence-corrected chi connectivity index (χ1v) is 6.73. The summed E-state index contributed by atoms with van der Waals surface area (Å²) >= 11 is 0. The van der Waals surface area contributed by atoms with Gasteiger partial charge >= 0.3 is 0 Å². The van der Waals surface area contributed by atoms with E-state index in [4.69, 9.17) is 10.5 Å². The SMILES string of the molecule is COC(CN)CC(=O)Nc1cc(CN(C)C)ccc1C. The number of ether oxygens (including phenoxy) is 1. The number of hydrogen-bond acceptors (Lipinski definition) is 4. The van der Waals surface area contributed by atoms with E-state index in [0.717, 1.165) is 23.4 Å². The Labute approximate surface area is 121 Å². The Hall–Kier alpha value is -1.43. The first-order valence-electron chi connectivity index (χ1n) is 6.73. The summed E-state index contributed by atoms with van der Waals surface area (Å²) in [6.45, 7) is 3.15. The van der Waals surface area contributed by atoms with Crippen molar-refractivity contribution in [3.63, 3.8) is 0 Å². The van der Waals surface area contributed by atoms with E-state index in [1.165, 1.54) is 0 Å². The Bertz CT molecular complexity index is 443. The third-order valence-electron chi connectivity index (χ3n) is 3.08. The van der Waals surface area contributed by atoms with Gasteiger partial charge in [-0.3, -0.25) is 4.79 Å². The van der Waals surface area contributed by atoms with Crippen molar-refractivity contribution >= 4 is 11.6 Å². The van der Waals surface area contributed by atoms with Gasteiger partial charge in [-0.25, -0.2) is 0 Å². The molecule has 0 heterocycles. The molecule has 0 spiro atoms. The standard InChI is InChI=1S/C15H25N3O2/c1-11-5-6-12(10-18(2)3)7-14(11)17-15(19)8-13(9-16)20-4/h5-7,13H,8-10,16H2,1-4H3,(H,17,19). The summed E-state index contributed by atoms with van der Waals surface area (Å²) in [6, 6.07) is 6.10. The van der Waals surface area contributed by atoms with Crippen LogP contribution in [0.25, 0.3) is 0 Å². The monoisotopic (exact) mass is 279 g/mol. The molecule has 0 aliphatic rings. The molecule has 5 heteroatoms. The van der Waals surface area contributed by atoms with Crippen LogP contribution in [0.3, 0.4) is 0 Å². The topological polar surface area (TPSA) is 67.6 Å². The van der Waals surface area contributed by atoms with E-state index < -0.39 is 0 Å². The molecule has 1 rings (SSSR count). The Kier molecular flexibility index (Phi) is 6.64. The number of hydrogen-bond donors (Lipinski definition) is 2. The summed E-state index contributed by atoms with van der Waals surface area (Å²) in [7, 11) is 5.60. The average Bonchev–Trinajstić information content (AvgIpc) is 2.39. The molecule has 0 aliphatic carbocycles. The van der Waals surface area contributed by atoms with Crippen molar-refractivity contribution in [3.05, 3.63) is 29.3 Å². The number of methoxy groups -OCH3 is 1. The highest BCUT2D eigenvalue weighted by Crippen LogP contribution is 2.18. The first kappa shape index (κ1) is 16.6. The van der Waals surface area contributed by atoms with Crippen molar-refractivity contribution in [2.24, 2.45) is 5.73 Å². The maximum absolute atomic E-state index is 12.0. The highest BCUT2D eigenvalue weighted by Gasteiger charge is 2.12. The highest BCUT2D eigenvalue weighted by atomic mass is 16.5. The molecular weight excluding hydrogens is 254 g/mol. The summed E-state index contributed by atoms with van der Waals surface area (Å²) in [4.78, 5) is 14.1. The zero-order valence-electron chi connectivity index (χ0n) is 12.8. The second kappa shape index (κ2) is 7.99. The molecule has 1 aromatic carbocycles. The van der Waals surface area contributed by atoms with Crippen LogP contribution < -0.4 is 11.1 Å². The van der Waals surface area contributed by atoms with E-state index in [1.54, 1.807) is 7.11 Å². The third kappa shape index (κ3) is 5.28. The van der Waals surface area contributed by atoms with Gasteiger partial charge in [-0.2, -0.15) is 0 Å². The zero-order valence-corrected chi connectivity index (χ0v) is 12.8. The predicted molar refractivity (Wildman–Crippen MR) is 81.7 cm³/mol. The lowest BCUT2D eigenvalue weighted by atomic mass is 10.1. The smallest absolute Gasteiger partial charge is 0.227 e. The minimum absolute atomic E-state index is 0.0765.